The summed E-state index contributed by atoms with van der Waals surface area (Å²) in [5.74, 6) is 6.57. The molecule has 2 aromatic rings. The van der Waals surface area contributed by atoms with Gasteiger partial charge in [-0.05, 0) is 57.0 Å². The van der Waals surface area contributed by atoms with Crippen LogP contribution in [0.2, 0.25) is 0 Å². The van der Waals surface area contributed by atoms with Crippen LogP contribution < -0.4 is 4.74 Å². The molecular formula is C29H38N2O6S2. The molecule has 3 atom stereocenters. The molecule has 1 N–H and O–H groups in total. The molecule has 0 radical (unpaired) electrons. The highest BCUT2D eigenvalue weighted by atomic mass is 32.2. The lowest BCUT2D eigenvalue weighted by Gasteiger charge is -2.37. The Labute approximate surface area is 233 Å². The average molecular weight is 575 g/mol. The number of hydrogen-bond acceptors (Lipinski definition) is 6. The maximum atomic E-state index is 13.7. The van der Waals surface area contributed by atoms with Crippen LogP contribution in [-0.4, -0.2) is 69.4 Å². The minimum atomic E-state index is -3.99. The zero-order chi connectivity index (χ0) is 28.4. The van der Waals surface area contributed by atoms with E-state index in [0.717, 1.165) is 18.4 Å². The Bertz CT molecular complexity index is 1440. The van der Waals surface area contributed by atoms with Crippen LogP contribution in [-0.2, 0) is 20.0 Å². The molecular weight excluding hydrogens is 536 g/mol. The highest BCUT2D eigenvalue weighted by molar-refractivity contribution is 7.89. The summed E-state index contributed by atoms with van der Waals surface area (Å²) in [6, 6.07) is 10.8. The van der Waals surface area contributed by atoms with Gasteiger partial charge >= 0.3 is 0 Å². The van der Waals surface area contributed by atoms with Gasteiger partial charge in [0.15, 0.2) is 0 Å². The van der Waals surface area contributed by atoms with E-state index in [1.807, 2.05) is 13.8 Å². The van der Waals surface area contributed by atoms with Crippen molar-refractivity contribution in [3.05, 3.63) is 53.6 Å². The summed E-state index contributed by atoms with van der Waals surface area (Å²) < 4.78 is 62.9. The molecule has 0 saturated heterocycles. The van der Waals surface area contributed by atoms with Gasteiger partial charge in [0, 0.05) is 37.0 Å². The van der Waals surface area contributed by atoms with E-state index >= 15 is 0 Å². The molecule has 1 fully saturated rings. The van der Waals surface area contributed by atoms with Gasteiger partial charge < -0.3 is 9.84 Å². The van der Waals surface area contributed by atoms with E-state index in [-0.39, 0.29) is 41.2 Å². The van der Waals surface area contributed by atoms with Gasteiger partial charge in [-0.15, -0.1) is 0 Å². The zero-order valence-corrected chi connectivity index (χ0v) is 24.6. The lowest BCUT2D eigenvalue weighted by Crippen LogP contribution is -2.50. The predicted molar refractivity (Wildman–Crippen MR) is 150 cm³/mol. The lowest BCUT2D eigenvalue weighted by molar-refractivity contribution is 0.0904. The number of aliphatic hydroxyl groups excluding tert-OH is 1. The Hall–Kier alpha value is -2.42. The van der Waals surface area contributed by atoms with E-state index in [4.69, 9.17) is 4.74 Å². The minimum Gasteiger partial charge on any atom is -0.487 e. The molecule has 0 bridgehead atoms. The van der Waals surface area contributed by atoms with Crippen LogP contribution in [0, 0.1) is 30.6 Å². The van der Waals surface area contributed by atoms with Crippen molar-refractivity contribution < 1.29 is 26.7 Å². The Morgan fingerprint density at radius 3 is 2.46 bits per heavy atom. The van der Waals surface area contributed by atoms with Gasteiger partial charge in [0.2, 0.25) is 20.0 Å². The van der Waals surface area contributed by atoms with E-state index in [9.17, 15) is 21.9 Å². The highest BCUT2D eigenvalue weighted by Crippen LogP contribution is 2.34. The number of hydrogen-bond donors (Lipinski definition) is 1. The van der Waals surface area contributed by atoms with E-state index in [0.29, 0.717) is 11.5 Å². The molecule has 1 saturated carbocycles. The molecule has 1 aliphatic heterocycles. The maximum absolute atomic E-state index is 13.7. The van der Waals surface area contributed by atoms with Crippen LogP contribution in [0.3, 0.4) is 0 Å². The van der Waals surface area contributed by atoms with Crippen LogP contribution in [0.4, 0.5) is 0 Å². The van der Waals surface area contributed by atoms with Gasteiger partial charge in [0.25, 0.3) is 0 Å². The Kier molecular flexibility index (Phi) is 9.08. The van der Waals surface area contributed by atoms with E-state index < -0.39 is 32.2 Å². The summed E-state index contributed by atoms with van der Waals surface area (Å²) in [4.78, 5) is 0.159. The number of fused-ring (bicyclic) bond motifs is 1. The largest absolute Gasteiger partial charge is 0.487 e. The smallest absolute Gasteiger partial charge is 0.247 e. The number of sulfonamides is 2. The second-order valence-corrected chi connectivity index (χ2v) is 14.7. The third-order valence-corrected chi connectivity index (χ3v) is 11.5. The van der Waals surface area contributed by atoms with Gasteiger partial charge in [-0.3, -0.25) is 0 Å². The number of aryl methyl sites for hydroxylation is 1. The van der Waals surface area contributed by atoms with Crippen molar-refractivity contribution in [1.29, 1.82) is 0 Å². The van der Waals surface area contributed by atoms with E-state index in [2.05, 4.69) is 11.8 Å². The van der Waals surface area contributed by atoms with Crippen molar-refractivity contribution in [3.63, 3.8) is 0 Å². The predicted octanol–water partition coefficient (Wildman–Crippen LogP) is 3.63. The second-order valence-electron chi connectivity index (χ2n) is 10.8. The Balaban J connectivity index is 1.71. The third-order valence-electron chi connectivity index (χ3n) is 7.61. The van der Waals surface area contributed by atoms with Gasteiger partial charge in [-0.25, -0.2) is 16.8 Å². The van der Waals surface area contributed by atoms with Crippen LogP contribution in [0.15, 0.2) is 52.3 Å². The molecule has 0 aromatic heterocycles. The molecule has 1 aliphatic carbocycles. The number of ether oxygens (including phenoxy) is 1. The fourth-order valence-electron chi connectivity index (χ4n) is 5.02. The van der Waals surface area contributed by atoms with Gasteiger partial charge in [-0.2, -0.15) is 8.61 Å². The quantitative estimate of drug-likeness (QED) is 0.529. The standard InChI is InChI=1S/C29H38N2O6S2/c1-21-9-14-26(15-10-21)38(33,34)30(4)19-28-22(2)18-31(23(3)20-32)39(35,36)29-16-13-25(17-27(29)37-28)12-11-24-7-5-6-8-24/h9-10,13-17,22-24,28,32H,5-8,18-20H2,1-4H3/t22-,23-,28-/m0/s1. The zero-order valence-electron chi connectivity index (χ0n) is 23.0. The first-order valence-electron chi connectivity index (χ1n) is 13.4. The van der Waals surface area contributed by atoms with Crippen LogP contribution in [0.1, 0.15) is 50.7 Å². The van der Waals surface area contributed by atoms with Crippen molar-refractivity contribution in [2.75, 3.05) is 26.7 Å². The average Bonchev–Trinajstić information content (AvgIpc) is 3.43. The molecule has 0 amide bonds. The first-order valence-corrected chi connectivity index (χ1v) is 16.3. The van der Waals surface area contributed by atoms with E-state index in [1.54, 1.807) is 43.3 Å². The number of nitrogens with zero attached hydrogens (tertiary/aromatic N) is 2. The molecule has 1 heterocycles. The maximum Gasteiger partial charge on any atom is 0.247 e. The Morgan fingerprint density at radius 1 is 1.15 bits per heavy atom. The van der Waals surface area contributed by atoms with Crippen LogP contribution in [0.5, 0.6) is 5.75 Å². The summed E-state index contributed by atoms with van der Waals surface area (Å²) >= 11 is 0. The number of rotatable bonds is 6. The highest BCUT2D eigenvalue weighted by Gasteiger charge is 2.39. The molecule has 39 heavy (non-hydrogen) atoms. The first-order chi connectivity index (χ1) is 18.4. The van der Waals surface area contributed by atoms with Gasteiger partial charge in [-0.1, -0.05) is 49.3 Å². The van der Waals surface area contributed by atoms with Crippen LogP contribution in [0.25, 0.3) is 0 Å². The molecule has 2 aliphatic rings. The lowest BCUT2D eigenvalue weighted by atomic mass is 10.0. The monoisotopic (exact) mass is 574 g/mol. The number of benzene rings is 2. The number of likely N-dealkylation sites (N-methyl/N-ethyl adjacent to an activating group) is 1. The van der Waals surface area contributed by atoms with Crippen LogP contribution >= 0.6 is 0 Å². The fourth-order valence-corrected chi connectivity index (χ4v) is 8.03. The first kappa shape index (κ1) is 29.6. The topological polar surface area (TPSA) is 104 Å². The van der Waals surface area contributed by atoms with Crippen molar-refractivity contribution in [1.82, 2.24) is 8.61 Å². The van der Waals surface area contributed by atoms with Crippen molar-refractivity contribution in [2.24, 2.45) is 11.8 Å². The molecule has 2 aromatic carbocycles. The van der Waals surface area contributed by atoms with Gasteiger partial charge in [0.1, 0.15) is 16.7 Å². The molecule has 0 unspecified atom stereocenters. The molecule has 212 valence electrons. The van der Waals surface area contributed by atoms with Crippen molar-refractivity contribution in [3.8, 4) is 17.6 Å². The van der Waals surface area contributed by atoms with Gasteiger partial charge in [0.05, 0.1) is 18.0 Å². The second kappa shape index (κ2) is 12.0. The normalized spacial score (nSPS) is 22.7. The molecule has 4 rings (SSSR count). The summed E-state index contributed by atoms with van der Waals surface area (Å²) in [6.07, 6.45) is 3.82. The third kappa shape index (κ3) is 6.50. The van der Waals surface area contributed by atoms with Crippen molar-refractivity contribution >= 4 is 20.0 Å². The summed E-state index contributed by atoms with van der Waals surface area (Å²) in [5, 5.41) is 9.85. The minimum absolute atomic E-state index is 0.0101. The summed E-state index contributed by atoms with van der Waals surface area (Å²) in [5.41, 5.74) is 1.60. The fraction of sp³-hybridized carbons (Fsp3) is 0.517. The summed E-state index contributed by atoms with van der Waals surface area (Å²) in [6.45, 7) is 5.10. The van der Waals surface area contributed by atoms with Crippen molar-refractivity contribution in [2.45, 2.75) is 68.4 Å². The Morgan fingerprint density at radius 2 is 1.82 bits per heavy atom. The number of aliphatic hydroxyl groups is 1. The molecule has 8 nitrogen and oxygen atoms in total. The molecule has 0 spiro atoms. The van der Waals surface area contributed by atoms with E-state index in [1.165, 1.54) is 34.6 Å². The molecule has 10 heteroatoms. The SMILES string of the molecule is Cc1ccc(S(=O)(=O)N(C)C[C@@H]2Oc3cc(C#CC4CCCC4)ccc3S(=O)(=O)N([C@@H](C)CO)C[C@@H]2C)cc1. The summed E-state index contributed by atoms with van der Waals surface area (Å²) in [7, 11) is -6.30.